The largest absolute Gasteiger partial charge is 0.319 e. The fourth-order valence-corrected chi connectivity index (χ4v) is 3.74. The topological polar surface area (TPSA) is 29.9 Å². The highest BCUT2D eigenvalue weighted by Gasteiger charge is 2.27. The van der Waals surface area contributed by atoms with E-state index in [0.717, 1.165) is 41.9 Å². The highest BCUT2D eigenvalue weighted by molar-refractivity contribution is 6.31. The van der Waals surface area contributed by atoms with Gasteiger partial charge in [-0.1, -0.05) is 31.4 Å². The quantitative estimate of drug-likeness (QED) is 0.899. The standard InChI is InChI=1S/C15H26ClN3/c1-4-13-15(16)14(19(3)18-13)9-11-7-5-6-8-12(11)10-17-2/h11-12,17H,4-10H2,1-3H3. The molecule has 1 aliphatic rings. The Balaban J connectivity index is 2.12. The number of rotatable bonds is 5. The molecule has 1 heterocycles. The lowest BCUT2D eigenvalue weighted by molar-refractivity contribution is 0.229. The molecule has 0 aliphatic heterocycles. The first-order valence-corrected chi connectivity index (χ1v) is 7.90. The number of nitrogens with one attached hydrogen (secondary N) is 1. The minimum absolute atomic E-state index is 0.749. The molecule has 19 heavy (non-hydrogen) atoms. The lowest BCUT2D eigenvalue weighted by atomic mass is 9.77. The minimum Gasteiger partial charge on any atom is -0.319 e. The zero-order valence-corrected chi connectivity index (χ0v) is 13.1. The molecular weight excluding hydrogens is 258 g/mol. The second-order valence-electron chi connectivity index (χ2n) is 5.75. The van der Waals surface area contributed by atoms with Crippen LogP contribution in [0.1, 0.15) is 44.0 Å². The molecule has 0 spiro atoms. The van der Waals surface area contributed by atoms with Gasteiger partial charge in [-0.05, 0) is 51.1 Å². The van der Waals surface area contributed by atoms with Crippen molar-refractivity contribution >= 4 is 11.6 Å². The zero-order valence-electron chi connectivity index (χ0n) is 12.4. The maximum atomic E-state index is 6.47. The maximum absolute atomic E-state index is 6.47. The molecule has 0 saturated heterocycles. The van der Waals surface area contributed by atoms with E-state index >= 15 is 0 Å². The Bertz CT molecular complexity index is 412. The zero-order chi connectivity index (χ0) is 13.8. The number of nitrogens with zero attached hydrogens (tertiary/aromatic N) is 2. The molecule has 0 bridgehead atoms. The van der Waals surface area contributed by atoms with Crippen molar-refractivity contribution in [2.45, 2.75) is 45.4 Å². The average Bonchev–Trinajstić information content (AvgIpc) is 2.68. The van der Waals surface area contributed by atoms with Crippen molar-refractivity contribution in [3.8, 4) is 0 Å². The van der Waals surface area contributed by atoms with Crippen molar-refractivity contribution in [1.82, 2.24) is 15.1 Å². The van der Waals surface area contributed by atoms with Crippen molar-refractivity contribution in [3.63, 3.8) is 0 Å². The third-order valence-corrected chi connectivity index (χ3v) is 4.93. The van der Waals surface area contributed by atoms with Gasteiger partial charge in [-0.25, -0.2) is 0 Å². The van der Waals surface area contributed by atoms with Gasteiger partial charge in [0.2, 0.25) is 0 Å². The molecule has 1 aromatic rings. The van der Waals surface area contributed by atoms with Crippen LogP contribution in [0.5, 0.6) is 0 Å². The molecule has 1 aromatic heterocycles. The molecule has 0 amide bonds. The summed E-state index contributed by atoms with van der Waals surface area (Å²) >= 11 is 6.47. The molecule has 0 aromatic carbocycles. The Hall–Kier alpha value is -0.540. The lowest BCUT2D eigenvalue weighted by Gasteiger charge is -2.31. The number of aryl methyl sites for hydroxylation is 2. The Labute approximate surface area is 121 Å². The Morgan fingerprint density at radius 3 is 2.58 bits per heavy atom. The molecule has 1 fully saturated rings. The van der Waals surface area contributed by atoms with Gasteiger partial charge in [-0.3, -0.25) is 4.68 Å². The molecule has 108 valence electrons. The van der Waals surface area contributed by atoms with Crippen molar-refractivity contribution in [1.29, 1.82) is 0 Å². The van der Waals surface area contributed by atoms with Gasteiger partial charge in [0, 0.05) is 7.05 Å². The fraction of sp³-hybridized carbons (Fsp3) is 0.800. The van der Waals surface area contributed by atoms with Gasteiger partial charge in [-0.2, -0.15) is 5.10 Å². The third kappa shape index (κ3) is 3.32. The van der Waals surface area contributed by atoms with E-state index in [1.165, 1.54) is 31.4 Å². The molecule has 1 aliphatic carbocycles. The van der Waals surface area contributed by atoms with Crippen LogP contribution in [0, 0.1) is 11.8 Å². The van der Waals surface area contributed by atoms with Crippen molar-refractivity contribution in [3.05, 3.63) is 16.4 Å². The number of hydrogen-bond donors (Lipinski definition) is 1. The highest BCUT2D eigenvalue weighted by Crippen LogP contribution is 2.34. The predicted molar refractivity (Wildman–Crippen MR) is 80.7 cm³/mol. The van der Waals surface area contributed by atoms with Crippen LogP contribution < -0.4 is 5.32 Å². The SMILES string of the molecule is CCc1nn(C)c(CC2CCCCC2CNC)c1Cl. The van der Waals surface area contributed by atoms with Crippen LogP contribution in [-0.4, -0.2) is 23.4 Å². The third-order valence-electron chi connectivity index (χ3n) is 4.49. The van der Waals surface area contributed by atoms with E-state index in [1.807, 2.05) is 11.7 Å². The Kier molecular flexibility index (Phi) is 5.28. The summed E-state index contributed by atoms with van der Waals surface area (Å²) in [5.74, 6) is 1.54. The summed E-state index contributed by atoms with van der Waals surface area (Å²) in [5, 5.41) is 8.78. The lowest BCUT2D eigenvalue weighted by Crippen LogP contribution is -2.30. The molecule has 0 radical (unpaired) electrons. The van der Waals surface area contributed by atoms with Crippen molar-refractivity contribution in [2.75, 3.05) is 13.6 Å². The van der Waals surface area contributed by atoms with Gasteiger partial charge in [0.15, 0.2) is 0 Å². The molecule has 1 saturated carbocycles. The molecule has 2 unspecified atom stereocenters. The monoisotopic (exact) mass is 283 g/mol. The second-order valence-corrected chi connectivity index (χ2v) is 6.13. The summed E-state index contributed by atoms with van der Waals surface area (Å²) in [5.41, 5.74) is 2.27. The van der Waals surface area contributed by atoms with Crippen LogP contribution >= 0.6 is 11.6 Å². The number of aromatic nitrogens is 2. The molecule has 2 atom stereocenters. The van der Waals surface area contributed by atoms with Crippen LogP contribution in [0.4, 0.5) is 0 Å². The first-order valence-electron chi connectivity index (χ1n) is 7.52. The maximum Gasteiger partial charge on any atom is 0.0849 e. The van der Waals surface area contributed by atoms with Gasteiger partial charge in [-0.15, -0.1) is 0 Å². The van der Waals surface area contributed by atoms with Crippen LogP contribution in [-0.2, 0) is 19.9 Å². The fourth-order valence-electron chi connectivity index (χ4n) is 3.37. The first-order chi connectivity index (χ1) is 9.17. The van der Waals surface area contributed by atoms with Crippen LogP contribution in [0.15, 0.2) is 0 Å². The van der Waals surface area contributed by atoms with E-state index in [4.69, 9.17) is 11.6 Å². The van der Waals surface area contributed by atoms with Gasteiger partial charge in [0.25, 0.3) is 0 Å². The summed E-state index contributed by atoms with van der Waals surface area (Å²) in [6.45, 7) is 3.24. The Morgan fingerprint density at radius 2 is 2.00 bits per heavy atom. The molecule has 4 heteroatoms. The highest BCUT2D eigenvalue weighted by atomic mass is 35.5. The summed E-state index contributed by atoms with van der Waals surface area (Å²) in [7, 11) is 4.08. The summed E-state index contributed by atoms with van der Waals surface area (Å²) in [6, 6.07) is 0. The van der Waals surface area contributed by atoms with Crippen LogP contribution in [0.2, 0.25) is 5.02 Å². The second kappa shape index (κ2) is 6.76. The van der Waals surface area contributed by atoms with E-state index < -0.39 is 0 Å². The predicted octanol–water partition coefficient (Wildman–Crippen LogP) is 3.20. The molecule has 3 nitrogen and oxygen atoms in total. The first kappa shape index (κ1) is 14.9. The van der Waals surface area contributed by atoms with E-state index in [9.17, 15) is 0 Å². The molecule has 2 rings (SSSR count). The van der Waals surface area contributed by atoms with Crippen LogP contribution in [0.25, 0.3) is 0 Å². The van der Waals surface area contributed by atoms with Gasteiger partial charge < -0.3 is 5.32 Å². The van der Waals surface area contributed by atoms with Gasteiger partial charge >= 0.3 is 0 Å². The summed E-state index contributed by atoms with van der Waals surface area (Å²) in [4.78, 5) is 0. The minimum atomic E-state index is 0.749. The normalized spacial score (nSPS) is 23.8. The molecule has 1 N–H and O–H groups in total. The number of halogens is 1. The summed E-state index contributed by atoms with van der Waals surface area (Å²) in [6.07, 6.45) is 7.41. The molecular formula is C15H26ClN3. The Morgan fingerprint density at radius 1 is 1.32 bits per heavy atom. The van der Waals surface area contributed by atoms with Gasteiger partial charge in [0.05, 0.1) is 16.4 Å². The van der Waals surface area contributed by atoms with Crippen molar-refractivity contribution < 1.29 is 0 Å². The van der Waals surface area contributed by atoms with E-state index in [1.54, 1.807) is 0 Å². The van der Waals surface area contributed by atoms with E-state index in [2.05, 4.69) is 24.4 Å². The smallest absolute Gasteiger partial charge is 0.0849 e. The van der Waals surface area contributed by atoms with E-state index in [0.29, 0.717) is 0 Å². The average molecular weight is 284 g/mol. The number of hydrogen-bond acceptors (Lipinski definition) is 2. The van der Waals surface area contributed by atoms with Crippen LogP contribution in [0.3, 0.4) is 0 Å². The van der Waals surface area contributed by atoms with E-state index in [-0.39, 0.29) is 0 Å². The van der Waals surface area contributed by atoms with Gasteiger partial charge in [0.1, 0.15) is 0 Å². The van der Waals surface area contributed by atoms with Crippen molar-refractivity contribution in [2.24, 2.45) is 18.9 Å². The summed E-state index contributed by atoms with van der Waals surface area (Å²) < 4.78 is 1.99.